The van der Waals surface area contributed by atoms with Crippen molar-refractivity contribution in [3.63, 3.8) is 0 Å². The van der Waals surface area contributed by atoms with Gasteiger partial charge in [-0.1, -0.05) is 316 Å². The van der Waals surface area contributed by atoms with E-state index in [0.717, 1.165) is 128 Å². The molecule has 470 valence electrons. The van der Waals surface area contributed by atoms with Crippen LogP contribution in [-0.2, 0) is 28.6 Å². The van der Waals surface area contributed by atoms with Crippen molar-refractivity contribution >= 4 is 17.9 Å². The topological polar surface area (TPSA) is 78.9 Å². The van der Waals surface area contributed by atoms with Crippen LogP contribution in [0.15, 0.2) is 109 Å². The van der Waals surface area contributed by atoms with E-state index in [2.05, 4.69) is 130 Å². The summed E-state index contributed by atoms with van der Waals surface area (Å²) < 4.78 is 17.0. The van der Waals surface area contributed by atoms with Crippen molar-refractivity contribution in [1.29, 1.82) is 0 Å². The maximum atomic E-state index is 12.9. The minimum absolute atomic E-state index is 0.0843. The lowest BCUT2D eigenvalue weighted by Crippen LogP contribution is -2.30. The molecule has 0 saturated carbocycles. The van der Waals surface area contributed by atoms with Crippen molar-refractivity contribution in [2.24, 2.45) is 0 Å². The van der Waals surface area contributed by atoms with Crippen LogP contribution in [-0.4, -0.2) is 37.2 Å². The second-order valence-corrected chi connectivity index (χ2v) is 23.1. The monoisotopic (exact) mass is 1140 g/mol. The van der Waals surface area contributed by atoms with E-state index >= 15 is 0 Å². The molecule has 0 heterocycles. The van der Waals surface area contributed by atoms with E-state index in [1.165, 1.54) is 167 Å². The van der Waals surface area contributed by atoms with Gasteiger partial charge >= 0.3 is 17.9 Å². The lowest BCUT2D eigenvalue weighted by atomic mass is 10.0. The highest BCUT2D eigenvalue weighted by atomic mass is 16.6. The number of esters is 3. The van der Waals surface area contributed by atoms with Gasteiger partial charge in [-0.3, -0.25) is 14.4 Å². The Morgan fingerprint density at radius 2 is 0.476 bits per heavy atom. The molecule has 0 aliphatic rings. The maximum Gasteiger partial charge on any atom is 0.306 e. The van der Waals surface area contributed by atoms with Gasteiger partial charge in [-0.05, 0) is 109 Å². The lowest BCUT2D eigenvalue weighted by molar-refractivity contribution is -0.167. The Balaban J connectivity index is 4.34. The van der Waals surface area contributed by atoms with Gasteiger partial charge in [0.2, 0.25) is 0 Å². The van der Waals surface area contributed by atoms with Gasteiger partial charge in [0.15, 0.2) is 6.10 Å². The highest BCUT2D eigenvalue weighted by molar-refractivity contribution is 5.71. The number of hydrogen-bond acceptors (Lipinski definition) is 6. The van der Waals surface area contributed by atoms with Gasteiger partial charge in [-0.25, -0.2) is 0 Å². The van der Waals surface area contributed by atoms with Gasteiger partial charge in [-0.2, -0.15) is 0 Å². The predicted octanol–water partition coefficient (Wildman–Crippen LogP) is 24.2. The van der Waals surface area contributed by atoms with E-state index in [0.29, 0.717) is 19.3 Å². The molecule has 0 aromatic heterocycles. The van der Waals surface area contributed by atoms with Gasteiger partial charge in [0.1, 0.15) is 13.2 Å². The molecular formula is C76H130O6. The van der Waals surface area contributed by atoms with E-state index < -0.39 is 6.10 Å². The first-order chi connectivity index (χ1) is 40.5. The van der Waals surface area contributed by atoms with Gasteiger partial charge < -0.3 is 14.2 Å². The molecule has 0 bridgehead atoms. The number of carbonyl (C=O) groups is 3. The number of carbonyl (C=O) groups excluding carboxylic acids is 3. The third-order valence-electron chi connectivity index (χ3n) is 15.0. The van der Waals surface area contributed by atoms with E-state index in [1.807, 2.05) is 0 Å². The SMILES string of the molecule is CC/C=C\C/C=C\C/C=C\C/C=C\C/C=C\C/C=C\C/C=C\C/C=C\CCCCCCCCC(=O)OCC(COC(=O)CCCCCCC/C=C\CCCCCCCC)OC(=O)CCCCCCCCCCCCCCCCCCCC. The average molecular weight is 1140 g/mol. The lowest BCUT2D eigenvalue weighted by Gasteiger charge is -2.18. The van der Waals surface area contributed by atoms with Crippen molar-refractivity contribution in [3.8, 4) is 0 Å². The van der Waals surface area contributed by atoms with Crippen molar-refractivity contribution in [3.05, 3.63) is 109 Å². The second-order valence-electron chi connectivity index (χ2n) is 23.1. The third kappa shape index (κ3) is 66.9. The molecule has 0 N–H and O–H groups in total. The Bertz CT molecular complexity index is 1640. The van der Waals surface area contributed by atoms with Crippen molar-refractivity contribution in [2.45, 2.75) is 341 Å². The quantitative estimate of drug-likeness (QED) is 0.0261. The minimum atomic E-state index is -0.788. The molecule has 0 saturated heterocycles. The van der Waals surface area contributed by atoms with Crippen LogP contribution >= 0.6 is 0 Å². The molecule has 0 radical (unpaired) electrons. The standard InChI is InChI=1S/C76H130O6/c1-4-7-10-13-16-19-22-25-28-30-32-33-34-35-36-37-38-39-40-41-42-43-44-46-48-51-54-57-60-63-66-69-75(78)81-72-73(71-80-74(77)68-65-62-59-56-53-50-47-27-24-21-18-15-12-9-6-3)82-76(79)70-67-64-61-58-55-52-49-45-31-29-26-23-20-17-14-11-8-5-2/h7,10,16,19,25,27-28,32-33,35-36,38-39,41-42,44,46-47,73H,4-6,8-9,11-15,17-18,20-24,26,29-31,34,37,40,43,45,48-72H2,1-3H3/b10-7-,19-16-,28-25-,33-32-,36-35-,39-38-,42-41-,46-44-,47-27-. The smallest absolute Gasteiger partial charge is 0.306 e. The first kappa shape index (κ1) is 78.1. The zero-order valence-corrected chi connectivity index (χ0v) is 54.0. The number of allylic oxidation sites excluding steroid dienone is 18. The fourth-order valence-electron chi connectivity index (χ4n) is 9.81. The highest BCUT2D eigenvalue weighted by Gasteiger charge is 2.19. The number of ether oxygens (including phenoxy) is 3. The number of hydrogen-bond donors (Lipinski definition) is 0. The van der Waals surface area contributed by atoms with Gasteiger partial charge in [0, 0.05) is 19.3 Å². The predicted molar refractivity (Wildman–Crippen MR) is 357 cm³/mol. The van der Waals surface area contributed by atoms with Gasteiger partial charge in [0.05, 0.1) is 0 Å². The molecule has 0 amide bonds. The molecule has 0 aromatic rings. The molecule has 0 aliphatic heterocycles. The van der Waals surface area contributed by atoms with E-state index in [4.69, 9.17) is 14.2 Å². The zero-order valence-electron chi connectivity index (χ0n) is 54.0. The summed E-state index contributed by atoms with van der Waals surface area (Å²) in [5.74, 6) is -0.892. The summed E-state index contributed by atoms with van der Waals surface area (Å²) in [6.07, 6.45) is 95.3. The molecule has 0 spiro atoms. The van der Waals surface area contributed by atoms with Crippen LogP contribution in [0.4, 0.5) is 0 Å². The summed E-state index contributed by atoms with van der Waals surface area (Å²) in [5.41, 5.74) is 0. The molecule has 1 atom stereocenters. The van der Waals surface area contributed by atoms with Gasteiger partial charge in [-0.15, -0.1) is 0 Å². The van der Waals surface area contributed by atoms with Crippen LogP contribution in [0.3, 0.4) is 0 Å². The molecule has 1 unspecified atom stereocenters. The van der Waals surface area contributed by atoms with Crippen LogP contribution in [0.2, 0.25) is 0 Å². The van der Waals surface area contributed by atoms with Crippen molar-refractivity contribution < 1.29 is 28.6 Å². The summed E-state index contributed by atoms with van der Waals surface area (Å²) in [6.45, 7) is 6.54. The Kier molecular flexibility index (Phi) is 66.2. The van der Waals surface area contributed by atoms with Crippen LogP contribution in [0.25, 0.3) is 0 Å². The molecule has 6 heteroatoms. The van der Waals surface area contributed by atoms with Crippen LogP contribution in [0.1, 0.15) is 335 Å². The fraction of sp³-hybridized carbons (Fsp3) is 0.724. The fourth-order valence-corrected chi connectivity index (χ4v) is 9.81. The molecule has 82 heavy (non-hydrogen) atoms. The maximum absolute atomic E-state index is 12.9. The normalized spacial score (nSPS) is 12.8. The van der Waals surface area contributed by atoms with Crippen molar-refractivity contribution in [1.82, 2.24) is 0 Å². The zero-order chi connectivity index (χ0) is 59.2. The second kappa shape index (κ2) is 69.6. The summed E-state index contributed by atoms with van der Waals surface area (Å²) in [4.78, 5) is 38.4. The van der Waals surface area contributed by atoms with E-state index in [1.54, 1.807) is 0 Å². The van der Waals surface area contributed by atoms with Crippen molar-refractivity contribution in [2.75, 3.05) is 13.2 Å². The van der Waals surface area contributed by atoms with Crippen LogP contribution in [0.5, 0.6) is 0 Å². The van der Waals surface area contributed by atoms with E-state index in [9.17, 15) is 14.4 Å². The summed E-state index contributed by atoms with van der Waals surface area (Å²) in [7, 11) is 0. The Hall–Kier alpha value is -3.93. The highest BCUT2D eigenvalue weighted by Crippen LogP contribution is 2.17. The third-order valence-corrected chi connectivity index (χ3v) is 15.0. The molecule has 0 aliphatic carbocycles. The molecule has 0 aromatic carbocycles. The first-order valence-electron chi connectivity index (χ1n) is 34.9. The van der Waals surface area contributed by atoms with Crippen LogP contribution in [0, 0.1) is 0 Å². The minimum Gasteiger partial charge on any atom is -0.462 e. The molecule has 0 fully saturated rings. The number of rotatable bonds is 63. The van der Waals surface area contributed by atoms with Crippen LogP contribution < -0.4 is 0 Å². The summed E-state index contributed by atoms with van der Waals surface area (Å²) >= 11 is 0. The Morgan fingerprint density at radius 1 is 0.256 bits per heavy atom. The molecular weight excluding hydrogens is 1010 g/mol. The largest absolute Gasteiger partial charge is 0.462 e. The summed E-state index contributed by atoms with van der Waals surface area (Å²) in [5, 5.41) is 0. The van der Waals surface area contributed by atoms with E-state index in [-0.39, 0.29) is 31.1 Å². The Labute approximate surface area is 508 Å². The molecule has 0 rings (SSSR count). The number of unbranched alkanes of at least 4 members (excludes halogenated alkanes) is 34. The van der Waals surface area contributed by atoms with Gasteiger partial charge in [0.25, 0.3) is 0 Å². The Morgan fingerprint density at radius 3 is 0.756 bits per heavy atom. The first-order valence-corrected chi connectivity index (χ1v) is 34.9. The molecule has 6 nitrogen and oxygen atoms in total. The summed E-state index contributed by atoms with van der Waals surface area (Å²) in [6, 6.07) is 0. The average Bonchev–Trinajstić information content (AvgIpc) is 3.47.